The lowest BCUT2D eigenvalue weighted by atomic mass is 10.0. The first-order chi connectivity index (χ1) is 13.8. The summed E-state index contributed by atoms with van der Waals surface area (Å²) in [6, 6.07) is 13.2. The van der Waals surface area contributed by atoms with Crippen LogP contribution in [-0.2, 0) is 6.54 Å². The van der Waals surface area contributed by atoms with E-state index in [0.717, 1.165) is 37.5 Å². The fraction of sp³-hybridized carbons (Fsp3) is 0.350. The molecule has 3 heterocycles. The van der Waals surface area contributed by atoms with Crippen LogP contribution < -0.4 is 5.32 Å². The van der Waals surface area contributed by atoms with E-state index in [-0.39, 0.29) is 12.1 Å². The highest BCUT2D eigenvalue weighted by molar-refractivity contribution is 5.75. The molecule has 2 aromatic heterocycles. The molecule has 0 aliphatic carbocycles. The maximum absolute atomic E-state index is 12.9. The van der Waals surface area contributed by atoms with E-state index in [9.17, 15) is 4.79 Å². The molecule has 1 fully saturated rings. The largest absolute Gasteiger partial charge is 0.467 e. The van der Waals surface area contributed by atoms with Crippen LogP contribution in [0.2, 0.25) is 0 Å². The van der Waals surface area contributed by atoms with Gasteiger partial charge in [0.15, 0.2) is 0 Å². The zero-order valence-corrected chi connectivity index (χ0v) is 15.6. The van der Waals surface area contributed by atoms with E-state index in [4.69, 9.17) is 4.42 Å². The Morgan fingerprint density at radius 3 is 2.57 bits per heavy atom. The van der Waals surface area contributed by atoms with Crippen molar-refractivity contribution in [2.75, 3.05) is 32.7 Å². The quantitative estimate of drug-likeness (QED) is 0.707. The number of aromatic nitrogens is 3. The second kappa shape index (κ2) is 8.71. The fourth-order valence-corrected chi connectivity index (χ4v) is 3.40. The second-order valence-electron chi connectivity index (χ2n) is 6.80. The molecule has 0 saturated carbocycles. The predicted octanol–water partition coefficient (Wildman–Crippen LogP) is 1.99. The third kappa shape index (κ3) is 4.40. The van der Waals surface area contributed by atoms with Crippen LogP contribution in [0.15, 0.2) is 65.8 Å². The van der Waals surface area contributed by atoms with Crippen LogP contribution in [0.5, 0.6) is 0 Å². The standard InChI is InChI=1S/C20H24N6O2/c27-20(23-19(18-7-4-14-28-18)17-5-2-1-3-6-17)25-11-8-24(9-12-25)10-13-26-16-21-15-22-26/h1-7,14-16,19H,8-13H2,(H,23,27). The molecule has 28 heavy (non-hydrogen) atoms. The number of urea groups is 1. The molecule has 1 N–H and O–H groups in total. The molecule has 1 saturated heterocycles. The van der Waals surface area contributed by atoms with Gasteiger partial charge in [-0.15, -0.1) is 0 Å². The number of hydrogen-bond donors (Lipinski definition) is 1. The first kappa shape index (κ1) is 18.2. The number of carbonyl (C=O) groups excluding carboxylic acids is 1. The summed E-state index contributed by atoms with van der Waals surface area (Å²) in [5.41, 5.74) is 0.997. The van der Waals surface area contributed by atoms with Gasteiger partial charge >= 0.3 is 6.03 Å². The van der Waals surface area contributed by atoms with E-state index in [0.29, 0.717) is 13.1 Å². The van der Waals surface area contributed by atoms with Gasteiger partial charge in [0.1, 0.15) is 24.5 Å². The molecule has 8 heteroatoms. The molecular formula is C20H24N6O2. The van der Waals surface area contributed by atoms with Crippen LogP contribution in [-0.4, -0.2) is 63.3 Å². The number of furan rings is 1. The molecule has 1 atom stereocenters. The first-order valence-electron chi connectivity index (χ1n) is 9.48. The molecule has 2 amide bonds. The van der Waals surface area contributed by atoms with Crippen LogP contribution in [0.25, 0.3) is 0 Å². The Labute approximate surface area is 163 Å². The summed E-state index contributed by atoms with van der Waals surface area (Å²) < 4.78 is 7.39. The number of rotatable bonds is 6. The molecule has 0 radical (unpaired) electrons. The average molecular weight is 380 g/mol. The van der Waals surface area contributed by atoms with Crippen molar-refractivity contribution in [1.82, 2.24) is 29.9 Å². The second-order valence-corrected chi connectivity index (χ2v) is 6.80. The predicted molar refractivity (Wildman–Crippen MR) is 104 cm³/mol. The summed E-state index contributed by atoms with van der Waals surface area (Å²) in [4.78, 5) is 21.0. The number of benzene rings is 1. The van der Waals surface area contributed by atoms with Gasteiger partial charge in [0.05, 0.1) is 12.8 Å². The minimum absolute atomic E-state index is 0.0684. The SMILES string of the molecule is O=C(NC(c1ccccc1)c1ccco1)N1CCN(CCn2cncn2)CC1. The zero-order chi connectivity index (χ0) is 19.2. The van der Waals surface area contributed by atoms with Crippen LogP contribution in [0.1, 0.15) is 17.4 Å². The van der Waals surface area contributed by atoms with Gasteiger partial charge in [-0.05, 0) is 17.7 Å². The molecule has 1 unspecified atom stereocenters. The van der Waals surface area contributed by atoms with Gasteiger partial charge in [-0.2, -0.15) is 5.10 Å². The summed E-state index contributed by atoms with van der Waals surface area (Å²) in [5, 5.41) is 7.25. The number of amides is 2. The van der Waals surface area contributed by atoms with Crippen molar-refractivity contribution < 1.29 is 9.21 Å². The van der Waals surface area contributed by atoms with Gasteiger partial charge in [-0.3, -0.25) is 9.58 Å². The van der Waals surface area contributed by atoms with Gasteiger partial charge in [0, 0.05) is 32.7 Å². The van der Waals surface area contributed by atoms with E-state index in [2.05, 4.69) is 20.3 Å². The summed E-state index contributed by atoms with van der Waals surface area (Å²) >= 11 is 0. The van der Waals surface area contributed by atoms with Crippen molar-refractivity contribution in [3.8, 4) is 0 Å². The van der Waals surface area contributed by atoms with Crippen molar-refractivity contribution >= 4 is 6.03 Å². The van der Waals surface area contributed by atoms with E-state index in [1.54, 1.807) is 18.9 Å². The highest BCUT2D eigenvalue weighted by Crippen LogP contribution is 2.22. The minimum atomic E-state index is -0.297. The van der Waals surface area contributed by atoms with Crippen molar-refractivity contribution in [2.24, 2.45) is 0 Å². The molecule has 4 rings (SSSR count). The Morgan fingerprint density at radius 2 is 1.89 bits per heavy atom. The normalized spacial score (nSPS) is 16.1. The summed E-state index contributed by atoms with van der Waals surface area (Å²) in [6.07, 6.45) is 4.90. The smallest absolute Gasteiger partial charge is 0.318 e. The highest BCUT2D eigenvalue weighted by atomic mass is 16.3. The maximum atomic E-state index is 12.9. The molecule has 8 nitrogen and oxygen atoms in total. The Balaban J connectivity index is 1.33. The van der Waals surface area contributed by atoms with Gasteiger partial charge in [0.25, 0.3) is 0 Å². The molecule has 0 spiro atoms. The van der Waals surface area contributed by atoms with Crippen LogP contribution in [0.4, 0.5) is 4.79 Å². The molecule has 3 aromatic rings. The molecule has 1 aliphatic rings. The van der Waals surface area contributed by atoms with Gasteiger partial charge in [-0.25, -0.2) is 9.78 Å². The van der Waals surface area contributed by atoms with Crippen molar-refractivity contribution in [3.05, 3.63) is 72.7 Å². The van der Waals surface area contributed by atoms with E-state index >= 15 is 0 Å². The Hall–Kier alpha value is -3.13. The summed E-state index contributed by atoms with van der Waals surface area (Å²) in [7, 11) is 0. The first-order valence-corrected chi connectivity index (χ1v) is 9.48. The zero-order valence-electron chi connectivity index (χ0n) is 15.6. The number of hydrogen-bond acceptors (Lipinski definition) is 5. The topological polar surface area (TPSA) is 79.4 Å². The van der Waals surface area contributed by atoms with E-state index in [1.165, 1.54) is 0 Å². The number of nitrogens with zero attached hydrogens (tertiary/aromatic N) is 5. The Bertz CT molecular complexity index is 842. The van der Waals surface area contributed by atoms with E-state index in [1.807, 2.05) is 52.0 Å². The number of piperazine rings is 1. The van der Waals surface area contributed by atoms with Gasteiger partial charge in [0.2, 0.25) is 0 Å². The highest BCUT2D eigenvalue weighted by Gasteiger charge is 2.25. The summed E-state index contributed by atoms with van der Waals surface area (Å²) in [5.74, 6) is 0.728. The molecule has 1 aliphatic heterocycles. The van der Waals surface area contributed by atoms with Crippen molar-refractivity contribution in [3.63, 3.8) is 0 Å². The fourth-order valence-electron chi connectivity index (χ4n) is 3.40. The van der Waals surface area contributed by atoms with Gasteiger partial charge in [-0.1, -0.05) is 30.3 Å². The lowest BCUT2D eigenvalue weighted by Gasteiger charge is -2.35. The molecule has 0 bridgehead atoms. The Morgan fingerprint density at radius 1 is 1.07 bits per heavy atom. The van der Waals surface area contributed by atoms with Crippen LogP contribution >= 0.6 is 0 Å². The number of carbonyl (C=O) groups is 1. The maximum Gasteiger partial charge on any atom is 0.318 e. The van der Waals surface area contributed by atoms with Crippen molar-refractivity contribution in [1.29, 1.82) is 0 Å². The molecule has 146 valence electrons. The summed E-state index contributed by atoms with van der Waals surface area (Å²) in [6.45, 7) is 4.79. The van der Waals surface area contributed by atoms with Crippen LogP contribution in [0, 0.1) is 0 Å². The lowest BCUT2D eigenvalue weighted by molar-refractivity contribution is 0.134. The van der Waals surface area contributed by atoms with Crippen LogP contribution in [0.3, 0.4) is 0 Å². The van der Waals surface area contributed by atoms with Gasteiger partial charge < -0.3 is 14.6 Å². The minimum Gasteiger partial charge on any atom is -0.467 e. The van der Waals surface area contributed by atoms with Crippen molar-refractivity contribution in [2.45, 2.75) is 12.6 Å². The lowest BCUT2D eigenvalue weighted by Crippen LogP contribution is -2.52. The average Bonchev–Trinajstić information content (AvgIpc) is 3.45. The number of nitrogens with one attached hydrogen (secondary N) is 1. The Kier molecular flexibility index (Phi) is 5.67. The third-order valence-electron chi connectivity index (χ3n) is 5.00. The van der Waals surface area contributed by atoms with E-state index < -0.39 is 0 Å². The molecule has 1 aromatic carbocycles. The third-order valence-corrected chi connectivity index (χ3v) is 5.00. The molecular weight excluding hydrogens is 356 g/mol. The monoisotopic (exact) mass is 380 g/mol.